The number of hydrogen-bond acceptors (Lipinski definition) is 4. The molecule has 1 amide bonds. The minimum atomic E-state index is -0.388. The summed E-state index contributed by atoms with van der Waals surface area (Å²) in [5, 5.41) is 6.10. The van der Waals surface area contributed by atoms with Crippen LogP contribution in [0.15, 0.2) is 36.7 Å². The Hall–Kier alpha value is -2.18. The van der Waals surface area contributed by atoms with Gasteiger partial charge in [0.2, 0.25) is 0 Å². The van der Waals surface area contributed by atoms with E-state index in [4.69, 9.17) is 4.74 Å². The molecule has 0 saturated carbocycles. The molecule has 6 heteroatoms. The summed E-state index contributed by atoms with van der Waals surface area (Å²) in [6.45, 7) is 5.24. The van der Waals surface area contributed by atoms with Gasteiger partial charge in [0.25, 0.3) is 5.91 Å². The number of nitrogens with zero attached hydrogens (tertiary/aromatic N) is 2. The van der Waals surface area contributed by atoms with E-state index in [2.05, 4.69) is 32.3 Å². The minimum Gasteiger partial charge on any atom is -0.366 e. The second-order valence-electron chi connectivity index (χ2n) is 5.70. The Morgan fingerprint density at radius 3 is 3.09 bits per heavy atom. The first-order valence-corrected chi connectivity index (χ1v) is 7.88. The summed E-state index contributed by atoms with van der Waals surface area (Å²) in [5.41, 5.74) is 2.27. The van der Waals surface area contributed by atoms with Crippen molar-refractivity contribution in [2.75, 3.05) is 19.7 Å². The van der Waals surface area contributed by atoms with E-state index in [0.29, 0.717) is 19.7 Å². The van der Waals surface area contributed by atoms with Crippen LogP contribution in [0, 0.1) is 6.92 Å². The van der Waals surface area contributed by atoms with Gasteiger partial charge in [-0.1, -0.05) is 24.3 Å². The van der Waals surface area contributed by atoms with Gasteiger partial charge in [-0.05, 0) is 18.1 Å². The van der Waals surface area contributed by atoms with Crippen LogP contribution in [-0.4, -0.2) is 41.3 Å². The summed E-state index contributed by atoms with van der Waals surface area (Å²) in [5.74, 6) is 0.929. The van der Waals surface area contributed by atoms with E-state index >= 15 is 0 Å². The average molecular weight is 314 g/mol. The zero-order valence-corrected chi connectivity index (χ0v) is 13.3. The third-order valence-electron chi connectivity index (χ3n) is 3.95. The van der Waals surface area contributed by atoms with E-state index in [0.717, 1.165) is 24.5 Å². The highest BCUT2D eigenvalue weighted by Gasteiger charge is 2.21. The van der Waals surface area contributed by atoms with Crippen molar-refractivity contribution in [3.8, 4) is 0 Å². The van der Waals surface area contributed by atoms with Gasteiger partial charge in [0.1, 0.15) is 11.9 Å². The van der Waals surface area contributed by atoms with E-state index in [1.807, 2.05) is 25.3 Å². The molecule has 0 spiro atoms. The van der Waals surface area contributed by atoms with Crippen molar-refractivity contribution in [1.29, 1.82) is 0 Å². The highest BCUT2D eigenvalue weighted by atomic mass is 16.5. The highest BCUT2D eigenvalue weighted by Crippen LogP contribution is 2.09. The highest BCUT2D eigenvalue weighted by molar-refractivity contribution is 5.81. The van der Waals surface area contributed by atoms with Crippen LogP contribution >= 0.6 is 0 Å². The Morgan fingerprint density at radius 1 is 1.48 bits per heavy atom. The molecule has 1 saturated heterocycles. The molecule has 2 heterocycles. The van der Waals surface area contributed by atoms with Gasteiger partial charge in [0.05, 0.1) is 6.61 Å². The Kier molecular flexibility index (Phi) is 5.05. The largest absolute Gasteiger partial charge is 0.366 e. The third-order valence-corrected chi connectivity index (χ3v) is 3.95. The number of imidazole rings is 1. The van der Waals surface area contributed by atoms with Crippen LogP contribution < -0.4 is 10.6 Å². The summed E-state index contributed by atoms with van der Waals surface area (Å²) < 4.78 is 7.55. The number of aromatic nitrogens is 2. The zero-order chi connectivity index (χ0) is 16.1. The fourth-order valence-electron chi connectivity index (χ4n) is 2.64. The average Bonchev–Trinajstić information content (AvgIpc) is 2.99. The first kappa shape index (κ1) is 15.7. The Labute approximate surface area is 135 Å². The summed E-state index contributed by atoms with van der Waals surface area (Å²) in [4.78, 5) is 16.3. The summed E-state index contributed by atoms with van der Waals surface area (Å²) in [6, 6.07) is 8.23. The number of carbonyl (C=O) groups excluding carboxylic acids is 1. The van der Waals surface area contributed by atoms with Crippen molar-refractivity contribution < 1.29 is 9.53 Å². The van der Waals surface area contributed by atoms with Crippen molar-refractivity contribution in [2.45, 2.75) is 26.1 Å². The molecule has 1 fully saturated rings. The molecule has 1 aliphatic heterocycles. The fourth-order valence-corrected chi connectivity index (χ4v) is 2.64. The number of carbonyl (C=O) groups is 1. The molecule has 2 N–H and O–H groups in total. The molecule has 1 atom stereocenters. The number of ether oxygens (including phenoxy) is 1. The molecular weight excluding hydrogens is 292 g/mol. The van der Waals surface area contributed by atoms with Crippen molar-refractivity contribution in [3.05, 3.63) is 53.6 Å². The molecule has 0 bridgehead atoms. The van der Waals surface area contributed by atoms with E-state index in [1.165, 1.54) is 5.56 Å². The van der Waals surface area contributed by atoms with E-state index < -0.39 is 0 Å². The Morgan fingerprint density at radius 2 is 2.35 bits per heavy atom. The van der Waals surface area contributed by atoms with Gasteiger partial charge < -0.3 is 19.9 Å². The quantitative estimate of drug-likeness (QED) is 0.858. The van der Waals surface area contributed by atoms with Gasteiger partial charge in [0, 0.05) is 38.6 Å². The lowest BCUT2D eigenvalue weighted by atomic mass is 10.1. The van der Waals surface area contributed by atoms with Crippen molar-refractivity contribution >= 4 is 5.91 Å². The first-order valence-electron chi connectivity index (χ1n) is 7.88. The van der Waals surface area contributed by atoms with Gasteiger partial charge in [-0.25, -0.2) is 4.98 Å². The second kappa shape index (κ2) is 7.39. The number of benzene rings is 1. The molecule has 0 radical (unpaired) electrons. The van der Waals surface area contributed by atoms with E-state index in [1.54, 1.807) is 6.20 Å². The summed E-state index contributed by atoms with van der Waals surface area (Å²) in [7, 11) is 0. The van der Waals surface area contributed by atoms with Gasteiger partial charge >= 0.3 is 0 Å². The van der Waals surface area contributed by atoms with Crippen molar-refractivity contribution in [2.24, 2.45) is 0 Å². The van der Waals surface area contributed by atoms with Crippen LogP contribution in [0.1, 0.15) is 17.0 Å². The number of nitrogens with one attached hydrogen (secondary N) is 2. The molecule has 2 aromatic rings. The SMILES string of the molecule is Cc1nccn1Cc1cccc(CNC(=O)C2CNCCO2)c1. The monoisotopic (exact) mass is 314 g/mol. The second-order valence-corrected chi connectivity index (χ2v) is 5.70. The van der Waals surface area contributed by atoms with Gasteiger partial charge in [-0.3, -0.25) is 4.79 Å². The lowest BCUT2D eigenvalue weighted by Gasteiger charge is -2.22. The van der Waals surface area contributed by atoms with Crippen LogP contribution in [-0.2, 0) is 22.6 Å². The standard InChI is InChI=1S/C17H22N4O2/c1-13-19-5-7-21(13)12-15-4-2-3-14(9-15)10-20-17(22)16-11-18-6-8-23-16/h2-5,7,9,16,18H,6,8,10-12H2,1H3,(H,20,22). The maximum Gasteiger partial charge on any atom is 0.250 e. The van der Waals surface area contributed by atoms with Crippen LogP contribution in [0.5, 0.6) is 0 Å². The smallest absolute Gasteiger partial charge is 0.250 e. The lowest BCUT2D eigenvalue weighted by molar-refractivity contribution is -0.134. The molecule has 1 aromatic heterocycles. The zero-order valence-electron chi connectivity index (χ0n) is 13.3. The number of rotatable bonds is 5. The minimum absolute atomic E-state index is 0.0620. The van der Waals surface area contributed by atoms with Crippen LogP contribution in [0.4, 0.5) is 0 Å². The maximum absolute atomic E-state index is 12.1. The maximum atomic E-state index is 12.1. The molecule has 1 aliphatic rings. The van der Waals surface area contributed by atoms with E-state index in [9.17, 15) is 4.79 Å². The molecule has 3 rings (SSSR count). The van der Waals surface area contributed by atoms with Crippen molar-refractivity contribution in [3.63, 3.8) is 0 Å². The van der Waals surface area contributed by atoms with Gasteiger partial charge in [-0.2, -0.15) is 0 Å². The third kappa shape index (κ3) is 4.18. The first-order chi connectivity index (χ1) is 11.2. The number of morpholine rings is 1. The summed E-state index contributed by atoms with van der Waals surface area (Å²) in [6.07, 6.45) is 3.38. The molecule has 1 unspecified atom stereocenters. The summed E-state index contributed by atoms with van der Waals surface area (Å²) >= 11 is 0. The van der Waals surface area contributed by atoms with Crippen LogP contribution in [0.3, 0.4) is 0 Å². The topological polar surface area (TPSA) is 68.2 Å². The predicted octanol–water partition coefficient (Wildman–Crippen LogP) is 0.844. The Balaban J connectivity index is 1.57. The molecular formula is C17H22N4O2. The van der Waals surface area contributed by atoms with Gasteiger partial charge in [0.15, 0.2) is 0 Å². The van der Waals surface area contributed by atoms with Gasteiger partial charge in [-0.15, -0.1) is 0 Å². The molecule has 23 heavy (non-hydrogen) atoms. The molecule has 122 valence electrons. The molecule has 0 aliphatic carbocycles. The number of aryl methyl sites for hydroxylation is 1. The number of hydrogen-bond donors (Lipinski definition) is 2. The molecule has 6 nitrogen and oxygen atoms in total. The fraction of sp³-hybridized carbons (Fsp3) is 0.412. The predicted molar refractivity (Wildman–Crippen MR) is 87.0 cm³/mol. The lowest BCUT2D eigenvalue weighted by Crippen LogP contribution is -2.47. The Bertz CT molecular complexity index is 662. The van der Waals surface area contributed by atoms with Crippen LogP contribution in [0.25, 0.3) is 0 Å². The van der Waals surface area contributed by atoms with Crippen LogP contribution in [0.2, 0.25) is 0 Å². The van der Waals surface area contributed by atoms with E-state index in [-0.39, 0.29) is 12.0 Å². The molecule has 1 aromatic carbocycles. The van der Waals surface area contributed by atoms with Crippen molar-refractivity contribution in [1.82, 2.24) is 20.2 Å². The normalized spacial score (nSPS) is 17.9. The number of amides is 1.